The Morgan fingerprint density at radius 1 is 1.09 bits per heavy atom. The molecule has 2 aromatic heterocycles. The van der Waals surface area contributed by atoms with E-state index in [1.165, 1.54) is 12.1 Å². The maximum Gasteiger partial charge on any atom is 0.253 e. The van der Waals surface area contributed by atoms with Gasteiger partial charge in [-0.3, -0.25) is 4.79 Å². The van der Waals surface area contributed by atoms with E-state index >= 15 is 0 Å². The number of hydrogen-bond donors (Lipinski definition) is 1. The molecule has 0 radical (unpaired) electrons. The van der Waals surface area contributed by atoms with Crippen molar-refractivity contribution in [2.75, 3.05) is 19.8 Å². The van der Waals surface area contributed by atoms with E-state index in [0.717, 1.165) is 39.7 Å². The monoisotopic (exact) mass is 448 g/mol. The highest BCUT2D eigenvalue weighted by molar-refractivity contribution is 5.96. The summed E-state index contributed by atoms with van der Waals surface area (Å²) >= 11 is 0. The summed E-state index contributed by atoms with van der Waals surface area (Å²) in [7, 11) is 1.85. The molecule has 0 spiro atoms. The minimum atomic E-state index is -0.293. The van der Waals surface area contributed by atoms with Gasteiger partial charge >= 0.3 is 0 Å². The topological polar surface area (TPSA) is 70.3 Å². The summed E-state index contributed by atoms with van der Waals surface area (Å²) in [6.45, 7) is 5.39. The van der Waals surface area contributed by atoms with Gasteiger partial charge in [0.1, 0.15) is 24.9 Å². The summed E-state index contributed by atoms with van der Waals surface area (Å²) < 4.78 is 28.7. The Morgan fingerprint density at radius 3 is 2.70 bits per heavy atom. The van der Waals surface area contributed by atoms with E-state index in [9.17, 15) is 9.18 Å². The van der Waals surface area contributed by atoms with Crippen LogP contribution in [-0.4, -0.2) is 39.8 Å². The number of carbonyl (C=O) groups is 1. The zero-order chi connectivity index (χ0) is 23.1. The number of amides is 1. The van der Waals surface area contributed by atoms with E-state index in [2.05, 4.69) is 10.3 Å². The number of hydrogen-bond acceptors (Lipinski definition) is 4. The first-order valence-electron chi connectivity index (χ1n) is 10.9. The zero-order valence-corrected chi connectivity index (χ0v) is 18.8. The van der Waals surface area contributed by atoms with E-state index in [4.69, 9.17) is 9.47 Å². The molecular weight excluding hydrogens is 423 g/mol. The molecule has 2 aromatic carbocycles. The number of benzene rings is 2. The third kappa shape index (κ3) is 3.82. The second-order valence-corrected chi connectivity index (χ2v) is 8.17. The third-order valence-electron chi connectivity index (χ3n) is 6.03. The number of halogens is 1. The molecule has 1 aliphatic heterocycles. The highest BCUT2D eigenvalue weighted by Crippen LogP contribution is 2.33. The molecular formula is C25H25FN4O3. The minimum absolute atomic E-state index is 0.142. The first-order chi connectivity index (χ1) is 15.9. The van der Waals surface area contributed by atoms with Crippen LogP contribution in [0.1, 0.15) is 27.6 Å². The molecule has 5 rings (SSSR count). The largest absolute Gasteiger partial charge is 0.486 e. The van der Waals surface area contributed by atoms with Gasteiger partial charge in [-0.25, -0.2) is 9.37 Å². The number of imidazole rings is 1. The number of fused-ring (bicyclic) bond motifs is 2. The lowest BCUT2D eigenvalue weighted by Gasteiger charge is -2.20. The average molecular weight is 448 g/mol. The van der Waals surface area contributed by atoms with Gasteiger partial charge in [-0.05, 0) is 50.2 Å². The van der Waals surface area contributed by atoms with Gasteiger partial charge in [0.2, 0.25) is 0 Å². The predicted octanol–water partition coefficient (Wildman–Crippen LogP) is 3.86. The van der Waals surface area contributed by atoms with Crippen molar-refractivity contribution < 1.29 is 18.7 Å². The van der Waals surface area contributed by atoms with Crippen molar-refractivity contribution in [2.45, 2.75) is 20.3 Å². The van der Waals surface area contributed by atoms with E-state index in [0.29, 0.717) is 37.5 Å². The fourth-order valence-corrected chi connectivity index (χ4v) is 4.38. The molecule has 1 amide bonds. The van der Waals surface area contributed by atoms with Crippen LogP contribution in [0.4, 0.5) is 4.39 Å². The number of nitrogens with one attached hydrogen (secondary N) is 1. The van der Waals surface area contributed by atoms with Gasteiger partial charge in [-0.2, -0.15) is 0 Å². The van der Waals surface area contributed by atoms with Gasteiger partial charge in [0.15, 0.2) is 11.5 Å². The van der Waals surface area contributed by atoms with Crippen LogP contribution in [0.2, 0.25) is 0 Å². The Hall–Kier alpha value is -3.81. The summed E-state index contributed by atoms with van der Waals surface area (Å²) in [5.74, 6) is 1.79. The zero-order valence-electron chi connectivity index (χ0n) is 18.8. The fraction of sp³-hybridized carbons (Fsp3) is 0.280. The normalized spacial score (nSPS) is 12.8. The fourth-order valence-electron chi connectivity index (χ4n) is 4.38. The number of nitrogens with zero attached hydrogens (tertiary/aromatic N) is 3. The van der Waals surface area contributed by atoms with E-state index in [-0.39, 0.29) is 11.7 Å². The van der Waals surface area contributed by atoms with Crippen LogP contribution >= 0.6 is 0 Å². The number of rotatable bonds is 5. The van der Waals surface area contributed by atoms with Crippen LogP contribution in [0.3, 0.4) is 0 Å². The molecule has 0 fully saturated rings. The second kappa shape index (κ2) is 8.27. The number of carbonyl (C=O) groups excluding carboxylic acids is 1. The maximum absolute atomic E-state index is 13.5. The summed E-state index contributed by atoms with van der Waals surface area (Å²) in [5.41, 5.74) is 4.81. The number of aryl methyl sites for hydroxylation is 2. The van der Waals surface area contributed by atoms with Crippen molar-refractivity contribution in [3.8, 4) is 17.2 Å². The van der Waals surface area contributed by atoms with Crippen LogP contribution in [0, 0.1) is 19.7 Å². The molecule has 0 saturated heterocycles. The molecule has 33 heavy (non-hydrogen) atoms. The Kier molecular flexibility index (Phi) is 5.28. The van der Waals surface area contributed by atoms with Crippen molar-refractivity contribution in [2.24, 2.45) is 7.05 Å². The summed E-state index contributed by atoms with van der Waals surface area (Å²) in [5, 5.41) is 2.99. The molecule has 0 unspecified atom stereocenters. The lowest BCUT2D eigenvalue weighted by Crippen LogP contribution is -2.26. The first-order valence-corrected chi connectivity index (χ1v) is 10.9. The van der Waals surface area contributed by atoms with E-state index in [1.807, 2.05) is 54.3 Å². The summed E-state index contributed by atoms with van der Waals surface area (Å²) in [6.07, 6.45) is 0.541. The highest BCUT2D eigenvalue weighted by Gasteiger charge is 2.19. The second-order valence-electron chi connectivity index (χ2n) is 8.17. The van der Waals surface area contributed by atoms with Crippen LogP contribution < -0.4 is 14.8 Å². The first kappa shape index (κ1) is 21.1. The molecule has 0 bridgehead atoms. The molecule has 3 heterocycles. The maximum atomic E-state index is 13.5. The van der Waals surface area contributed by atoms with Crippen molar-refractivity contribution in [3.63, 3.8) is 0 Å². The van der Waals surface area contributed by atoms with Gasteiger partial charge in [0, 0.05) is 43.2 Å². The Morgan fingerprint density at radius 2 is 1.88 bits per heavy atom. The SMILES string of the molecule is Cc1cc(C(=O)NCCc2nc3ccc(F)cc3n2C)c(C)n1-c1ccc2c(c1)OCCO2. The third-order valence-corrected chi connectivity index (χ3v) is 6.03. The minimum Gasteiger partial charge on any atom is -0.486 e. The van der Waals surface area contributed by atoms with Gasteiger partial charge in [0.05, 0.1) is 16.6 Å². The average Bonchev–Trinajstić information content (AvgIpc) is 3.28. The molecule has 170 valence electrons. The Balaban J connectivity index is 1.31. The number of ether oxygens (including phenoxy) is 2. The van der Waals surface area contributed by atoms with Crippen LogP contribution in [0.5, 0.6) is 11.5 Å². The number of aromatic nitrogens is 3. The Bertz CT molecular complexity index is 1370. The van der Waals surface area contributed by atoms with Gasteiger partial charge in [-0.1, -0.05) is 0 Å². The molecule has 0 atom stereocenters. The van der Waals surface area contributed by atoms with Crippen molar-refractivity contribution in [1.82, 2.24) is 19.4 Å². The molecule has 1 aliphatic rings. The van der Waals surface area contributed by atoms with Crippen LogP contribution in [0.25, 0.3) is 16.7 Å². The van der Waals surface area contributed by atoms with Crippen LogP contribution in [0.15, 0.2) is 42.5 Å². The molecule has 4 aromatic rings. The lowest BCUT2D eigenvalue weighted by atomic mass is 10.2. The predicted molar refractivity (Wildman–Crippen MR) is 123 cm³/mol. The lowest BCUT2D eigenvalue weighted by molar-refractivity contribution is 0.0953. The molecule has 0 saturated carbocycles. The van der Waals surface area contributed by atoms with Gasteiger partial charge in [0.25, 0.3) is 5.91 Å². The summed E-state index contributed by atoms with van der Waals surface area (Å²) in [6, 6.07) is 12.2. The molecule has 7 nitrogen and oxygen atoms in total. The van der Waals surface area contributed by atoms with E-state index < -0.39 is 0 Å². The smallest absolute Gasteiger partial charge is 0.253 e. The highest BCUT2D eigenvalue weighted by atomic mass is 19.1. The molecule has 0 aliphatic carbocycles. The quantitative estimate of drug-likeness (QED) is 0.503. The van der Waals surface area contributed by atoms with Gasteiger partial charge in [-0.15, -0.1) is 0 Å². The summed E-state index contributed by atoms with van der Waals surface area (Å²) in [4.78, 5) is 17.5. The van der Waals surface area contributed by atoms with Crippen molar-refractivity contribution >= 4 is 16.9 Å². The van der Waals surface area contributed by atoms with Gasteiger partial charge < -0.3 is 23.9 Å². The molecule has 8 heteroatoms. The van der Waals surface area contributed by atoms with Crippen molar-refractivity contribution in [3.05, 3.63) is 71.1 Å². The molecule has 1 N–H and O–H groups in total. The Labute approximate surface area is 190 Å². The van der Waals surface area contributed by atoms with E-state index in [1.54, 1.807) is 6.07 Å². The standard InChI is InChI=1S/C25H25FN4O3/c1-15-12-19(16(2)30(15)18-5-7-22-23(14-18)33-11-10-32-22)25(31)27-9-8-24-28-20-6-4-17(26)13-21(20)29(24)3/h4-7,12-14H,8-11H2,1-3H3,(H,27,31). The van der Waals surface area contributed by atoms with Crippen LogP contribution in [-0.2, 0) is 13.5 Å². The van der Waals surface area contributed by atoms with Crippen molar-refractivity contribution in [1.29, 1.82) is 0 Å².